The lowest BCUT2D eigenvalue weighted by molar-refractivity contribution is -0.0812. The zero-order valence-corrected chi connectivity index (χ0v) is 20.7. The Hall–Kier alpha value is -2.77. The van der Waals surface area contributed by atoms with E-state index in [4.69, 9.17) is 9.84 Å². The van der Waals surface area contributed by atoms with E-state index in [1.54, 1.807) is 6.08 Å². The van der Waals surface area contributed by atoms with Crippen molar-refractivity contribution < 1.29 is 9.13 Å². The van der Waals surface area contributed by atoms with E-state index in [1.807, 2.05) is 42.3 Å². The number of allylic oxidation sites excluding steroid dienone is 5. The fourth-order valence-electron chi connectivity index (χ4n) is 4.67. The molecule has 182 valence electrons. The molecular weight excluding hydrogens is 429 g/mol. The van der Waals surface area contributed by atoms with Crippen molar-refractivity contribution in [3.63, 3.8) is 0 Å². The summed E-state index contributed by atoms with van der Waals surface area (Å²) in [5, 5.41) is 4.86. The van der Waals surface area contributed by atoms with Gasteiger partial charge in [0.05, 0.1) is 43.4 Å². The summed E-state index contributed by atoms with van der Waals surface area (Å²) in [7, 11) is 2.02. The van der Waals surface area contributed by atoms with Gasteiger partial charge in [-0.25, -0.2) is 14.1 Å². The number of aromatic nitrogens is 3. The van der Waals surface area contributed by atoms with Gasteiger partial charge in [0.25, 0.3) is 0 Å². The van der Waals surface area contributed by atoms with E-state index >= 15 is 4.39 Å². The van der Waals surface area contributed by atoms with Crippen molar-refractivity contribution in [1.82, 2.24) is 19.7 Å². The number of halogens is 1. The Morgan fingerprint density at radius 2 is 2.12 bits per heavy atom. The van der Waals surface area contributed by atoms with E-state index in [0.29, 0.717) is 25.8 Å². The molecule has 6 nitrogen and oxygen atoms in total. The number of ether oxygens (including phenoxy) is 1. The van der Waals surface area contributed by atoms with Gasteiger partial charge in [-0.3, -0.25) is 4.90 Å². The molecule has 2 unspecified atom stereocenters. The summed E-state index contributed by atoms with van der Waals surface area (Å²) >= 11 is 0. The number of anilines is 1. The van der Waals surface area contributed by atoms with Crippen LogP contribution in [0, 0.1) is 0 Å². The van der Waals surface area contributed by atoms with Crippen molar-refractivity contribution in [2.45, 2.75) is 51.9 Å². The maximum atomic E-state index is 15.0. The molecule has 2 aromatic rings. The number of piperidine rings is 1. The Labute approximate surface area is 202 Å². The van der Waals surface area contributed by atoms with Crippen molar-refractivity contribution >= 4 is 11.3 Å². The van der Waals surface area contributed by atoms with E-state index in [2.05, 4.69) is 48.2 Å². The van der Waals surface area contributed by atoms with Crippen LogP contribution in [-0.4, -0.2) is 71.3 Å². The molecule has 0 saturated carbocycles. The predicted octanol–water partition coefficient (Wildman–Crippen LogP) is 4.61. The van der Waals surface area contributed by atoms with Gasteiger partial charge in [-0.05, 0) is 51.4 Å². The maximum absolute atomic E-state index is 15.0. The molecule has 7 heteroatoms. The minimum Gasteiger partial charge on any atom is -0.378 e. The van der Waals surface area contributed by atoms with Gasteiger partial charge in [-0.1, -0.05) is 37.3 Å². The van der Waals surface area contributed by atoms with E-state index in [0.717, 1.165) is 42.2 Å². The Morgan fingerprint density at radius 1 is 1.32 bits per heavy atom. The Morgan fingerprint density at radius 3 is 2.68 bits per heavy atom. The smallest absolute Gasteiger partial charge is 0.153 e. The standard InChI is InChI=1S/C27H36FN5O/c1-6-8-9-23(19(3)4)27-20(7-2)15-33(30-27)26-11-10-21(14-29-26)32-13-12-25(24(28)16-32)31(5)22-17-34-18-22/h6,8-11,14-15,22,24-25H,1,7,12-13,16-18H2,2-5H3/b9-8-. The van der Waals surface area contributed by atoms with Crippen molar-refractivity contribution in [3.05, 3.63) is 66.2 Å². The summed E-state index contributed by atoms with van der Waals surface area (Å²) in [6.45, 7) is 12.7. The van der Waals surface area contributed by atoms with Gasteiger partial charge >= 0.3 is 0 Å². The number of rotatable bonds is 8. The van der Waals surface area contributed by atoms with Gasteiger partial charge in [0.2, 0.25) is 0 Å². The van der Waals surface area contributed by atoms with Crippen molar-refractivity contribution in [2.24, 2.45) is 0 Å². The zero-order valence-electron chi connectivity index (χ0n) is 20.7. The molecule has 34 heavy (non-hydrogen) atoms. The molecule has 0 radical (unpaired) electrons. The van der Waals surface area contributed by atoms with E-state index in [-0.39, 0.29) is 6.04 Å². The third kappa shape index (κ3) is 5.00. The number of hydrogen-bond donors (Lipinski definition) is 0. The second-order valence-electron chi connectivity index (χ2n) is 9.36. The predicted molar refractivity (Wildman–Crippen MR) is 136 cm³/mol. The van der Waals surface area contributed by atoms with E-state index < -0.39 is 6.17 Å². The minimum atomic E-state index is -0.897. The molecule has 0 spiro atoms. The number of nitrogens with zero attached hydrogens (tertiary/aromatic N) is 5. The summed E-state index contributed by atoms with van der Waals surface area (Å²) in [5.74, 6) is 0.752. The summed E-state index contributed by atoms with van der Waals surface area (Å²) in [5.41, 5.74) is 5.37. The molecule has 0 aromatic carbocycles. The highest BCUT2D eigenvalue weighted by atomic mass is 19.1. The lowest BCUT2D eigenvalue weighted by Crippen LogP contribution is -2.58. The Kier molecular flexibility index (Phi) is 7.63. The zero-order chi connectivity index (χ0) is 24.2. The fourth-order valence-corrected chi connectivity index (χ4v) is 4.67. The van der Waals surface area contributed by atoms with Crippen LogP contribution in [-0.2, 0) is 11.2 Å². The summed E-state index contributed by atoms with van der Waals surface area (Å²) in [6, 6.07) is 4.28. The number of likely N-dealkylation sites (N-methyl/N-ethyl adjacent to an activating group) is 1. The largest absolute Gasteiger partial charge is 0.378 e. The van der Waals surface area contributed by atoms with Crippen molar-refractivity contribution in [1.29, 1.82) is 0 Å². The Balaban J connectivity index is 1.49. The van der Waals surface area contributed by atoms with Gasteiger partial charge in [0.15, 0.2) is 5.82 Å². The molecule has 4 heterocycles. The van der Waals surface area contributed by atoms with Crippen LogP contribution in [0.5, 0.6) is 0 Å². The molecule has 4 rings (SSSR count). The van der Waals surface area contributed by atoms with Gasteiger partial charge in [0.1, 0.15) is 6.17 Å². The number of pyridine rings is 1. The van der Waals surface area contributed by atoms with E-state index in [1.165, 1.54) is 11.1 Å². The molecule has 2 saturated heterocycles. The maximum Gasteiger partial charge on any atom is 0.153 e. The first kappa shape index (κ1) is 24.4. The molecule has 2 atom stereocenters. The first-order valence-corrected chi connectivity index (χ1v) is 12.1. The second kappa shape index (κ2) is 10.7. The van der Waals surface area contributed by atoms with Crippen LogP contribution in [0.3, 0.4) is 0 Å². The van der Waals surface area contributed by atoms with Crippen LogP contribution >= 0.6 is 0 Å². The quantitative estimate of drug-likeness (QED) is 0.533. The monoisotopic (exact) mass is 465 g/mol. The highest BCUT2D eigenvalue weighted by Gasteiger charge is 2.37. The van der Waals surface area contributed by atoms with Crippen LogP contribution < -0.4 is 4.90 Å². The average Bonchev–Trinajstić information content (AvgIpc) is 3.22. The summed E-state index contributed by atoms with van der Waals surface area (Å²) in [6.07, 6.45) is 10.4. The molecule has 2 aromatic heterocycles. The molecule has 0 amide bonds. The van der Waals surface area contributed by atoms with Gasteiger partial charge in [0, 0.05) is 24.4 Å². The van der Waals surface area contributed by atoms with Crippen LogP contribution in [0.15, 0.2) is 54.9 Å². The van der Waals surface area contributed by atoms with E-state index in [9.17, 15) is 0 Å². The van der Waals surface area contributed by atoms with Gasteiger partial charge < -0.3 is 9.64 Å². The molecule has 2 aliphatic rings. The lowest BCUT2D eigenvalue weighted by atomic mass is 9.99. The first-order chi connectivity index (χ1) is 16.4. The number of hydrogen-bond acceptors (Lipinski definition) is 5. The molecular formula is C27H36FN5O. The molecule has 0 bridgehead atoms. The lowest BCUT2D eigenvalue weighted by Gasteiger charge is -2.45. The number of alkyl halides is 1. The third-order valence-corrected chi connectivity index (χ3v) is 6.92. The normalized spacial score (nSPS) is 21.2. The van der Waals surface area contributed by atoms with Crippen molar-refractivity contribution in [3.8, 4) is 5.82 Å². The average molecular weight is 466 g/mol. The minimum absolute atomic E-state index is 0.0493. The second-order valence-corrected chi connectivity index (χ2v) is 9.36. The Bertz CT molecular complexity index is 1050. The molecule has 0 N–H and O–H groups in total. The topological polar surface area (TPSA) is 46.4 Å². The highest BCUT2D eigenvalue weighted by Crippen LogP contribution is 2.28. The van der Waals surface area contributed by atoms with Gasteiger partial charge in [-0.15, -0.1) is 0 Å². The molecule has 2 fully saturated rings. The summed E-state index contributed by atoms with van der Waals surface area (Å²) < 4.78 is 22.2. The molecule has 0 aliphatic carbocycles. The van der Waals surface area contributed by atoms with Crippen LogP contribution in [0.1, 0.15) is 38.4 Å². The molecule has 2 aliphatic heterocycles. The highest BCUT2D eigenvalue weighted by molar-refractivity contribution is 5.76. The first-order valence-electron chi connectivity index (χ1n) is 12.1. The number of aryl methyl sites for hydroxylation is 1. The van der Waals surface area contributed by atoms with Crippen molar-refractivity contribution in [2.75, 3.05) is 38.3 Å². The summed E-state index contributed by atoms with van der Waals surface area (Å²) in [4.78, 5) is 8.93. The third-order valence-electron chi connectivity index (χ3n) is 6.92. The SMILES string of the molecule is C=C/C=C\C(=C(C)C)c1nn(-c2ccc(N3CCC(N(C)C4COC4)C(F)C3)cn2)cc1CC. The van der Waals surface area contributed by atoms with Crippen LogP contribution in [0.25, 0.3) is 11.4 Å². The van der Waals surface area contributed by atoms with Gasteiger partial charge in [-0.2, -0.15) is 5.10 Å². The van der Waals surface area contributed by atoms with Crippen LogP contribution in [0.2, 0.25) is 0 Å². The fraction of sp³-hybridized carbons (Fsp3) is 0.481. The van der Waals surface area contributed by atoms with Crippen LogP contribution in [0.4, 0.5) is 10.1 Å².